The molecule has 0 aliphatic carbocycles. The Morgan fingerprint density at radius 2 is 1.90 bits per heavy atom. The number of carbonyl (C=O) groups is 1. The fraction of sp³-hybridized carbons (Fsp3) is 0.400. The second kappa shape index (κ2) is 8.79. The van der Waals surface area contributed by atoms with Crippen molar-refractivity contribution < 1.29 is 17.9 Å². The van der Waals surface area contributed by atoms with Crippen LogP contribution in [0.5, 0.6) is 5.88 Å². The largest absolute Gasteiger partial charge is 0.481 e. The van der Waals surface area contributed by atoms with Crippen LogP contribution in [0, 0.1) is 13.8 Å². The van der Waals surface area contributed by atoms with Gasteiger partial charge in [-0.05, 0) is 31.5 Å². The lowest BCUT2D eigenvalue weighted by atomic mass is 10.2. The number of methoxy groups -OCH3 is 1. The van der Waals surface area contributed by atoms with Gasteiger partial charge in [0.2, 0.25) is 15.9 Å². The Bertz CT molecular complexity index is 986. The molecule has 9 heteroatoms. The van der Waals surface area contributed by atoms with E-state index in [0.717, 1.165) is 16.7 Å². The van der Waals surface area contributed by atoms with Gasteiger partial charge in [0.1, 0.15) is 0 Å². The quantitative estimate of drug-likeness (QED) is 0.801. The third kappa shape index (κ3) is 4.68. The van der Waals surface area contributed by atoms with Gasteiger partial charge in [-0.2, -0.15) is 4.31 Å². The summed E-state index contributed by atoms with van der Waals surface area (Å²) in [5.41, 5.74) is 2.53. The van der Waals surface area contributed by atoms with Gasteiger partial charge in [0.15, 0.2) is 0 Å². The standard InChI is InChI=1S/C20H26N4O4S/c1-15-6-7-18(16(2)13-15)29(26,27)24-11-9-23(10-12-24)20(25)22-14-17-5-4-8-21-19(17)28-3/h4-8,13H,9-12,14H2,1-3H3,(H,22,25). The van der Waals surface area contributed by atoms with Crippen LogP contribution in [0.2, 0.25) is 0 Å². The van der Waals surface area contributed by atoms with Gasteiger partial charge in [-0.1, -0.05) is 23.8 Å². The Morgan fingerprint density at radius 3 is 2.55 bits per heavy atom. The number of aromatic nitrogens is 1. The average molecular weight is 419 g/mol. The van der Waals surface area contributed by atoms with E-state index < -0.39 is 10.0 Å². The second-order valence-electron chi connectivity index (χ2n) is 6.99. The molecule has 0 saturated carbocycles. The number of hydrogen-bond donors (Lipinski definition) is 1. The lowest BCUT2D eigenvalue weighted by molar-refractivity contribution is 0.172. The van der Waals surface area contributed by atoms with E-state index in [4.69, 9.17) is 4.74 Å². The molecule has 0 unspecified atom stereocenters. The van der Waals surface area contributed by atoms with Gasteiger partial charge in [-0.15, -0.1) is 0 Å². The van der Waals surface area contributed by atoms with Gasteiger partial charge in [0.05, 0.1) is 12.0 Å². The van der Waals surface area contributed by atoms with Crippen molar-refractivity contribution in [2.24, 2.45) is 0 Å². The predicted octanol–water partition coefficient (Wildman–Crippen LogP) is 1.92. The molecule has 1 aromatic heterocycles. The van der Waals surface area contributed by atoms with E-state index in [0.29, 0.717) is 23.9 Å². The first-order chi connectivity index (χ1) is 13.8. The van der Waals surface area contributed by atoms with Crippen molar-refractivity contribution in [3.05, 3.63) is 53.2 Å². The number of benzene rings is 1. The maximum absolute atomic E-state index is 13.0. The Labute approximate surface area is 171 Å². The molecule has 0 atom stereocenters. The van der Waals surface area contributed by atoms with Gasteiger partial charge >= 0.3 is 6.03 Å². The Morgan fingerprint density at radius 1 is 1.17 bits per heavy atom. The summed E-state index contributed by atoms with van der Waals surface area (Å²) in [4.78, 5) is 18.5. The molecule has 29 heavy (non-hydrogen) atoms. The molecule has 2 aromatic rings. The highest BCUT2D eigenvalue weighted by molar-refractivity contribution is 7.89. The zero-order valence-electron chi connectivity index (χ0n) is 16.9. The van der Waals surface area contributed by atoms with Crippen LogP contribution in [0.3, 0.4) is 0 Å². The first-order valence-electron chi connectivity index (χ1n) is 9.41. The van der Waals surface area contributed by atoms with E-state index in [1.165, 1.54) is 11.4 Å². The monoisotopic (exact) mass is 418 g/mol. The number of carbonyl (C=O) groups excluding carboxylic acids is 1. The molecule has 1 saturated heterocycles. The molecule has 1 fully saturated rings. The molecule has 3 rings (SSSR count). The predicted molar refractivity (Wildman–Crippen MR) is 109 cm³/mol. The van der Waals surface area contributed by atoms with E-state index in [9.17, 15) is 13.2 Å². The Kier molecular flexibility index (Phi) is 6.39. The number of nitrogens with zero attached hydrogens (tertiary/aromatic N) is 3. The fourth-order valence-electron chi connectivity index (χ4n) is 3.38. The SMILES string of the molecule is COc1ncccc1CNC(=O)N1CCN(S(=O)(=O)c2ccc(C)cc2C)CC1. The second-order valence-corrected chi connectivity index (χ2v) is 8.90. The maximum atomic E-state index is 13.0. The molecule has 1 aliphatic rings. The van der Waals surface area contributed by atoms with Gasteiger partial charge < -0.3 is 15.0 Å². The molecule has 8 nitrogen and oxygen atoms in total. The van der Waals surface area contributed by atoms with E-state index >= 15 is 0 Å². The lowest BCUT2D eigenvalue weighted by Crippen LogP contribution is -2.53. The van der Waals surface area contributed by atoms with Gasteiger partial charge in [0, 0.05) is 44.5 Å². The number of hydrogen-bond acceptors (Lipinski definition) is 5. The third-order valence-electron chi connectivity index (χ3n) is 4.95. The van der Waals surface area contributed by atoms with Crippen LogP contribution < -0.4 is 10.1 Å². The zero-order valence-corrected chi connectivity index (χ0v) is 17.7. The summed E-state index contributed by atoms with van der Waals surface area (Å²) < 4.78 is 32.6. The van der Waals surface area contributed by atoms with E-state index in [1.54, 1.807) is 36.2 Å². The molecular weight excluding hydrogens is 392 g/mol. The molecule has 0 spiro atoms. The summed E-state index contributed by atoms with van der Waals surface area (Å²) in [7, 11) is -2.04. The molecule has 1 aromatic carbocycles. The van der Waals surface area contributed by atoms with E-state index in [2.05, 4.69) is 10.3 Å². The molecule has 2 amide bonds. The van der Waals surface area contributed by atoms with Crippen LogP contribution in [0.15, 0.2) is 41.4 Å². The molecule has 2 heterocycles. The number of ether oxygens (including phenoxy) is 1. The van der Waals surface area contributed by atoms with Crippen LogP contribution in [-0.2, 0) is 16.6 Å². The summed E-state index contributed by atoms with van der Waals surface area (Å²) in [5, 5.41) is 2.84. The van der Waals surface area contributed by atoms with Crippen LogP contribution in [-0.4, -0.2) is 61.9 Å². The van der Waals surface area contributed by atoms with Gasteiger partial charge in [-0.25, -0.2) is 18.2 Å². The van der Waals surface area contributed by atoms with Crippen molar-refractivity contribution in [1.29, 1.82) is 0 Å². The van der Waals surface area contributed by atoms with Crippen LogP contribution in [0.4, 0.5) is 4.79 Å². The number of urea groups is 1. The summed E-state index contributed by atoms with van der Waals surface area (Å²) in [6, 6.07) is 8.70. The third-order valence-corrected chi connectivity index (χ3v) is 7.01. The van der Waals surface area contributed by atoms with Crippen LogP contribution in [0.25, 0.3) is 0 Å². The molecule has 156 valence electrons. The van der Waals surface area contributed by atoms with Gasteiger partial charge in [0.25, 0.3) is 0 Å². The Balaban J connectivity index is 1.59. The highest BCUT2D eigenvalue weighted by Crippen LogP contribution is 2.22. The lowest BCUT2D eigenvalue weighted by Gasteiger charge is -2.34. The smallest absolute Gasteiger partial charge is 0.317 e. The van der Waals surface area contributed by atoms with Crippen molar-refractivity contribution in [3.63, 3.8) is 0 Å². The van der Waals surface area contributed by atoms with Crippen molar-refractivity contribution in [2.75, 3.05) is 33.3 Å². The number of rotatable bonds is 5. The highest BCUT2D eigenvalue weighted by Gasteiger charge is 2.31. The van der Waals surface area contributed by atoms with Crippen LogP contribution >= 0.6 is 0 Å². The first-order valence-corrected chi connectivity index (χ1v) is 10.8. The minimum Gasteiger partial charge on any atom is -0.481 e. The van der Waals surface area contributed by atoms with Gasteiger partial charge in [-0.3, -0.25) is 0 Å². The summed E-state index contributed by atoms with van der Waals surface area (Å²) in [6.07, 6.45) is 1.62. The summed E-state index contributed by atoms with van der Waals surface area (Å²) in [6.45, 7) is 5.22. The van der Waals surface area contributed by atoms with Crippen molar-refractivity contribution in [2.45, 2.75) is 25.3 Å². The minimum absolute atomic E-state index is 0.237. The van der Waals surface area contributed by atoms with E-state index in [1.807, 2.05) is 19.1 Å². The average Bonchev–Trinajstić information content (AvgIpc) is 2.72. The number of sulfonamides is 1. The Hall–Kier alpha value is -2.65. The normalized spacial score (nSPS) is 15.2. The number of nitrogens with one attached hydrogen (secondary N) is 1. The maximum Gasteiger partial charge on any atom is 0.317 e. The van der Waals surface area contributed by atoms with E-state index in [-0.39, 0.29) is 25.7 Å². The summed E-state index contributed by atoms with van der Waals surface area (Å²) >= 11 is 0. The number of piperazine rings is 1. The molecule has 1 aliphatic heterocycles. The highest BCUT2D eigenvalue weighted by atomic mass is 32.2. The minimum atomic E-state index is -3.57. The van der Waals surface area contributed by atoms with Crippen molar-refractivity contribution >= 4 is 16.1 Å². The molecule has 1 N–H and O–H groups in total. The first kappa shape index (κ1) is 21.1. The number of pyridine rings is 1. The van der Waals surface area contributed by atoms with Crippen molar-refractivity contribution in [1.82, 2.24) is 19.5 Å². The fourth-order valence-corrected chi connectivity index (χ4v) is 5.01. The van der Waals surface area contributed by atoms with Crippen molar-refractivity contribution in [3.8, 4) is 5.88 Å². The zero-order chi connectivity index (χ0) is 21.0. The molecule has 0 radical (unpaired) electrons. The summed E-state index contributed by atoms with van der Waals surface area (Å²) in [5.74, 6) is 0.470. The van der Waals surface area contributed by atoms with Crippen LogP contribution in [0.1, 0.15) is 16.7 Å². The topological polar surface area (TPSA) is 91.8 Å². The molecular formula is C20H26N4O4S. The number of amides is 2. The molecule has 0 bridgehead atoms. The number of aryl methyl sites for hydroxylation is 2.